The third kappa shape index (κ3) is 2.80. The Morgan fingerprint density at radius 2 is 2.00 bits per heavy atom. The Hall–Kier alpha value is -2.59. The van der Waals surface area contributed by atoms with Crippen LogP contribution in [0.2, 0.25) is 5.02 Å². The summed E-state index contributed by atoms with van der Waals surface area (Å²) in [5, 5.41) is 10.2. The van der Waals surface area contributed by atoms with E-state index in [0.29, 0.717) is 11.5 Å². The van der Waals surface area contributed by atoms with E-state index < -0.39 is 5.97 Å². The number of carboxylic acids is 1. The number of hydrogen-bond acceptors (Lipinski definition) is 3. The zero-order valence-corrected chi connectivity index (χ0v) is 11.5. The van der Waals surface area contributed by atoms with Crippen LogP contribution >= 0.6 is 11.6 Å². The van der Waals surface area contributed by atoms with Gasteiger partial charge in [-0.3, -0.25) is 4.98 Å². The van der Waals surface area contributed by atoms with Gasteiger partial charge in [-0.25, -0.2) is 4.79 Å². The number of aromatic carboxylic acids is 1. The van der Waals surface area contributed by atoms with Crippen LogP contribution in [0.15, 0.2) is 54.7 Å². The van der Waals surface area contributed by atoms with Gasteiger partial charge < -0.3 is 9.84 Å². The number of pyridine rings is 1. The van der Waals surface area contributed by atoms with E-state index in [1.54, 1.807) is 12.3 Å². The highest BCUT2D eigenvalue weighted by Crippen LogP contribution is 2.31. The van der Waals surface area contributed by atoms with Crippen LogP contribution in [0.4, 0.5) is 0 Å². The highest BCUT2D eigenvalue weighted by atomic mass is 35.5. The third-order valence-corrected chi connectivity index (χ3v) is 3.28. The van der Waals surface area contributed by atoms with Crippen molar-refractivity contribution in [2.75, 3.05) is 0 Å². The standard InChI is InChI=1S/C16H10ClNO3/c17-13-8-11(16(19)20)4-6-15(13)21-12-5-3-10-2-1-7-18-14(10)9-12/h1-9H,(H,19,20). The molecule has 3 aromatic rings. The lowest BCUT2D eigenvalue weighted by Crippen LogP contribution is -1.96. The summed E-state index contributed by atoms with van der Waals surface area (Å²) < 4.78 is 5.69. The number of hydrogen-bond donors (Lipinski definition) is 1. The molecule has 1 aromatic heterocycles. The molecule has 1 N–H and O–H groups in total. The van der Waals surface area contributed by atoms with E-state index in [9.17, 15) is 4.79 Å². The topological polar surface area (TPSA) is 59.4 Å². The summed E-state index contributed by atoms with van der Waals surface area (Å²) in [6.07, 6.45) is 1.71. The molecule has 4 nitrogen and oxygen atoms in total. The van der Waals surface area contributed by atoms with Crippen molar-refractivity contribution in [3.63, 3.8) is 0 Å². The molecule has 0 saturated heterocycles. The van der Waals surface area contributed by atoms with Gasteiger partial charge in [-0.15, -0.1) is 0 Å². The molecular formula is C16H10ClNO3. The van der Waals surface area contributed by atoms with E-state index in [1.165, 1.54) is 18.2 Å². The number of carbonyl (C=O) groups is 1. The molecule has 2 aromatic carbocycles. The van der Waals surface area contributed by atoms with Crippen LogP contribution in [-0.4, -0.2) is 16.1 Å². The molecule has 3 rings (SSSR count). The number of halogens is 1. The van der Waals surface area contributed by atoms with E-state index in [4.69, 9.17) is 21.4 Å². The number of benzene rings is 2. The second kappa shape index (κ2) is 5.42. The third-order valence-electron chi connectivity index (χ3n) is 2.98. The summed E-state index contributed by atoms with van der Waals surface area (Å²) in [5.41, 5.74) is 0.931. The summed E-state index contributed by atoms with van der Waals surface area (Å²) in [6.45, 7) is 0. The molecular weight excluding hydrogens is 290 g/mol. The number of fused-ring (bicyclic) bond motifs is 1. The van der Waals surface area contributed by atoms with Crippen LogP contribution in [0.1, 0.15) is 10.4 Å². The summed E-state index contributed by atoms with van der Waals surface area (Å²) in [4.78, 5) is 15.1. The predicted molar refractivity (Wildman–Crippen MR) is 80.2 cm³/mol. The van der Waals surface area contributed by atoms with Gasteiger partial charge in [0.05, 0.1) is 16.1 Å². The minimum Gasteiger partial charge on any atom is -0.478 e. The van der Waals surface area contributed by atoms with Gasteiger partial charge in [0, 0.05) is 17.6 Å². The fourth-order valence-electron chi connectivity index (χ4n) is 1.95. The number of aromatic nitrogens is 1. The average Bonchev–Trinajstić information content (AvgIpc) is 2.49. The van der Waals surface area contributed by atoms with Crippen LogP contribution in [0.25, 0.3) is 10.9 Å². The van der Waals surface area contributed by atoms with Crippen molar-refractivity contribution < 1.29 is 14.6 Å². The first-order valence-corrected chi connectivity index (χ1v) is 6.57. The lowest BCUT2D eigenvalue weighted by atomic mass is 10.2. The van der Waals surface area contributed by atoms with Gasteiger partial charge in [-0.2, -0.15) is 0 Å². The van der Waals surface area contributed by atoms with Crippen molar-refractivity contribution in [3.8, 4) is 11.5 Å². The second-order valence-electron chi connectivity index (χ2n) is 4.41. The monoisotopic (exact) mass is 299 g/mol. The van der Waals surface area contributed by atoms with E-state index in [0.717, 1.165) is 10.9 Å². The van der Waals surface area contributed by atoms with Gasteiger partial charge in [0.25, 0.3) is 0 Å². The van der Waals surface area contributed by atoms with Crippen LogP contribution in [0, 0.1) is 0 Å². The quantitative estimate of drug-likeness (QED) is 0.779. The Morgan fingerprint density at radius 3 is 2.76 bits per heavy atom. The largest absolute Gasteiger partial charge is 0.478 e. The maximum Gasteiger partial charge on any atom is 0.335 e. The fraction of sp³-hybridized carbons (Fsp3) is 0. The normalized spacial score (nSPS) is 10.5. The van der Waals surface area contributed by atoms with Gasteiger partial charge in [0.15, 0.2) is 0 Å². The molecule has 21 heavy (non-hydrogen) atoms. The predicted octanol–water partition coefficient (Wildman–Crippen LogP) is 4.38. The van der Waals surface area contributed by atoms with E-state index >= 15 is 0 Å². The Labute approximate surface area is 125 Å². The Bertz CT molecular complexity index is 833. The molecule has 0 radical (unpaired) electrons. The average molecular weight is 300 g/mol. The van der Waals surface area contributed by atoms with Crippen LogP contribution in [0.3, 0.4) is 0 Å². The van der Waals surface area contributed by atoms with Crippen LogP contribution < -0.4 is 4.74 Å². The smallest absolute Gasteiger partial charge is 0.335 e. The molecule has 1 heterocycles. The van der Waals surface area contributed by atoms with Crippen molar-refractivity contribution in [3.05, 3.63) is 65.3 Å². The Balaban J connectivity index is 1.93. The molecule has 0 amide bonds. The first-order valence-electron chi connectivity index (χ1n) is 6.19. The highest BCUT2D eigenvalue weighted by molar-refractivity contribution is 6.32. The first kappa shape index (κ1) is 13.4. The zero-order chi connectivity index (χ0) is 14.8. The summed E-state index contributed by atoms with van der Waals surface area (Å²) in [6, 6.07) is 13.7. The summed E-state index contributed by atoms with van der Waals surface area (Å²) >= 11 is 6.04. The molecule has 0 atom stereocenters. The lowest BCUT2D eigenvalue weighted by Gasteiger charge is -2.08. The molecule has 5 heteroatoms. The van der Waals surface area contributed by atoms with Crippen molar-refractivity contribution in [1.29, 1.82) is 0 Å². The number of rotatable bonds is 3. The zero-order valence-electron chi connectivity index (χ0n) is 10.8. The summed E-state index contributed by atoms with van der Waals surface area (Å²) in [7, 11) is 0. The Kier molecular flexibility index (Phi) is 3.46. The van der Waals surface area contributed by atoms with E-state index in [2.05, 4.69) is 4.98 Å². The Morgan fingerprint density at radius 1 is 1.14 bits per heavy atom. The SMILES string of the molecule is O=C(O)c1ccc(Oc2ccc3cccnc3c2)c(Cl)c1. The van der Waals surface area contributed by atoms with Gasteiger partial charge in [-0.1, -0.05) is 17.7 Å². The number of ether oxygens (including phenoxy) is 1. The van der Waals surface area contributed by atoms with Crippen LogP contribution in [0.5, 0.6) is 11.5 Å². The molecule has 0 aliphatic heterocycles. The molecule has 104 valence electrons. The minimum absolute atomic E-state index is 0.118. The first-order chi connectivity index (χ1) is 10.1. The molecule has 0 unspecified atom stereocenters. The number of nitrogens with zero attached hydrogens (tertiary/aromatic N) is 1. The molecule has 0 fully saturated rings. The van der Waals surface area contributed by atoms with Gasteiger partial charge in [-0.05, 0) is 36.4 Å². The van der Waals surface area contributed by atoms with Crippen molar-refractivity contribution in [2.45, 2.75) is 0 Å². The second-order valence-corrected chi connectivity index (χ2v) is 4.82. The molecule has 0 aliphatic rings. The van der Waals surface area contributed by atoms with Crippen LogP contribution in [-0.2, 0) is 0 Å². The highest BCUT2D eigenvalue weighted by Gasteiger charge is 2.09. The lowest BCUT2D eigenvalue weighted by molar-refractivity contribution is 0.0697. The molecule has 0 bridgehead atoms. The number of carboxylic acid groups (broad SMARTS) is 1. The van der Waals surface area contributed by atoms with E-state index in [1.807, 2.05) is 24.3 Å². The van der Waals surface area contributed by atoms with Gasteiger partial charge in [0.1, 0.15) is 11.5 Å². The van der Waals surface area contributed by atoms with Crippen molar-refractivity contribution in [2.24, 2.45) is 0 Å². The van der Waals surface area contributed by atoms with Crippen molar-refractivity contribution in [1.82, 2.24) is 4.98 Å². The molecule has 0 aliphatic carbocycles. The van der Waals surface area contributed by atoms with E-state index in [-0.39, 0.29) is 10.6 Å². The maximum absolute atomic E-state index is 10.9. The maximum atomic E-state index is 10.9. The minimum atomic E-state index is -1.03. The van der Waals surface area contributed by atoms with Gasteiger partial charge in [0.2, 0.25) is 0 Å². The van der Waals surface area contributed by atoms with Crippen molar-refractivity contribution >= 4 is 28.5 Å². The fourth-order valence-corrected chi connectivity index (χ4v) is 2.17. The summed E-state index contributed by atoms with van der Waals surface area (Å²) in [5.74, 6) is -0.0403. The molecule has 0 spiro atoms. The molecule has 0 saturated carbocycles. The van der Waals surface area contributed by atoms with Gasteiger partial charge >= 0.3 is 5.97 Å².